The third-order valence-corrected chi connectivity index (χ3v) is 6.16. The molecule has 0 bridgehead atoms. The van der Waals surface area contributed by atoms with Crippen molar-refractivity contribution in [1.29, 1.82) is 0 Å². The van der Waals surface area contributed by atoms with Gasteiger partial charge in [-0.05, 0) is 78.1 Å². The van der Waals surface area contributed by atoms with Gasteiger partial charge in [-0.3, -0.25) is 0 Å². The Morgan fingerprint density at radius 1 is 0.806 bits per heavy atom. The van der Waals surface area contributed by atoms with Crippen LogP contribution in [0.15, 0.2) is 78.9 Å². The Kier molecular flexibility index (Phi) is 10.8. The quantitative estimate of drug-likeness (QED) is 0.149. The minimum Gasteiger partial charge on any atom is -0.491 e. The molecule has 3 aromatic carbocycles. The molecule has 0 amide bonds. The first-order valence-electron chi connectivity index (χ1n) is 12.9. The lowest BCUT2D eigenvalue weighted by molar-refractivity contribution is -0.139. The summed E-state index contributed by atoms with van der Waals surface area (Å²) in [5.74, 6) is 0.376. The second-order valence-electron chi connectivity index (χ2n) is 9.15. The standard InChI is InChI=1S/C32H38O4/c1-4-5-6-8-25-10-12-26(13-11-25)27-14-16-28(17-15-27)29-18-19-31(35-22-20-33)30(23-29)9-7-21-36-32(34)24(2)3/h10-19,23,33H,2,4-9,20-22H2,1,3H3. The van der Waals surface area contributed by atoms with E-state index < -0.39 is 0 Å². The number of hydrogen-bond donors (Lipinski definition) is 1. The van der Waals surface area contributed by atoms with Crippen LogP contribution < -0.4 is 4.74 Å². The Morgan fingerprint density at radius 3 is 2.03 bits per heavy atom. The minimum atomic E-state index is -0.369. The number of carbonyl (C=O) groups is 1. The number of carbonyl (C=O) groups excluding carboxylic acids is 1. The van der Waals surface area contributed by atoms with Crippen molar-refractivity contribution >= 4 is 5.97 Å². The van der Waals surface area contributed by atoms with Gasteiger partial charge in [0.1, 0.15) is 12.4 Å². The van der Waals surface area contributed by atoms with Crippen LogP contribution in [0.5, 0.6) is 5.75 Å². The van der Waals surface area contributed by atoms with Crippen molar-refractivity contribution in [2.45, 2.75) is 52.4 Å². The maximum atomic E-state index is 11.6. The number of esters is 1. The summed E-state index contributed by atoms with van der Waals surface area (Å²) in [5, 5.41) is 9.17. The number of benzene rings is 3. The summed E-state index contributed by atoms with van der Waals surface area (Å²) in [6, 6.07) is 23.6. The third kappa shape index (κ3) is 8.10. The van der Waals surface area contributed by atoms with Gasteiger partial charge in [0.15, 0.2) is 0 Å². The van der Waals surface area contributed by atoms with E-state index in [0.717, 1.165) is 28.9 Å². The van der Waals surface area contributed by atoms with E-state index in [1.54, 1.807) is 6.92 Å². The molecular weight excluding hydrogens is 448 g/mol. The highest BCUT2D eigenvalue weighted by Gasteiger charge is 2.09. The number of aryl methyl sites for hydroxylation is 2. The predicted molar refractivity (Wildman–Crippen MR) is 147 cm³/mol. The molecule has 0 aromatic heterocycles. The largest absolute Gasteiger partial charge is 0.491 e. The topological polar surface area (TPSA) is 55.8 Å². The van der Waals surface area contributed by atoms with Crippen molar-refractivity contribution in [3.63, 3.8) is 0 Å². The zero-order chi connectivity index (χ0) is 25.8. The van der Waals surface area contributed by atoms with E-state index in [2.05, 4.69) is 68.1 Å². The van der Waals surface area contributed by atoms with E-state index in [4.69, 9.17) is 9.47 Å². The highest BCUT2D eigenvalue weighted by Crippen LogP contribution is 2.30. The first-order valence-corrected chi connectivity index (χ1v) is 12.9. The van der Waals surface area contributed by atoms with Gasteiger partial charge in [0.2, 0.25) is 0 Å². The highest BCUT2D eigenvalue weighted by molar-refractivity contribution is 5.86. The highest BCUT2D eigenvalue weighted by atomic mass is 16.5. The van der Waals surface area contributed by atoms with Gasteiger partial charge >= 0.3 is 5.97 Å². The minimum absolute atomic E-state index is 0.0431. The van der Waals surface area contributed by atoms with Crippen molar-refractivity contribution in [3.05, 3.63) is 90.0 Å². The van der Waals surface area contributed by atoms with Crippen LogP contribution in [-0.2, 0) is 22.4 Å². The summed E-state index contributed by atoms with van der Waals surface area (Å²) in [7, 11) is 0. The average Bonchev–Trinajstić information content (AvgIpc) is 2.90. The van der Waals surface area contributed by atoms with E-state index in [-0.39, 0.29) is 19.2 Å². The van der Waals surface area contributed by atoms with E-state index in [0.29, 0.717) is 25.0 Å². The SMILES string of the molecule is C=C(C)C(=O)OCCCc1cc(-c2ccc(-c3ccc(CCCCC)cc3)cc2)ccc1OCCO. The van der Waals surface area contributed by atoms with Crippen molar-refractivity contribution in [2.75, 3.05) is 19.8 Å². The van der Waals surface area contributed by atoms with Gasteiger partial charge < -0.3 is 14.6 Å². The monoisotopic (exact) mass is 486 g/mol. The molecule has 1 N–H and O–H groups in total. The second kappa shape index (κ2) is 14.3. The van der Waals surface area contributed by atoms with E-state index in [9.17, 15) is 9.90 Å². The first kappa shape index (κ1) is 27.2. The summed E-state index contributed by atoms with van der Waals surface area (Å²) < 4.78 is 11.0. The second-order valence-corrected chi connectivity index (χ2v) is 9.15. The molecule has 0 unspecified atom stereocenters. The van der Waals surface area contributed by atoms with Crippen molar-refractivity contribution in [1.82, 2.24) is 0 Å². The Hall–Kier alpha value is -3.37. The van der Waals surface area contributed by atoms with Gasteiger partial charge in [0, 0.05) is 5.57 Å². The molecular formula is C32H38O4. The van der Waals surface area contributed by atoms with E-state index >= 15 is 0 Å². The molecule has 0 spiro atoms. The Balaban J connectivity index is 1.70. The molecule has 0 aliphatic carbocycles. The molecule has 3 rings (SSSR count). The zero-order valence-electron chi connectivity index (χ0n) is 21.6. The third-order valence-electron chi connectivity index (χ3n) is 6.16. The van der Waals surface area contributed by atoms with Crippen LogP contribution in [0.25, 0.3) is 22.3 Å². The number of unbranched alkanes of at least 4 members (excludes halogenated alkanes) is 2. The molecule has 0 radical (unpaired) electrons. The molecule has 36 heavy (non-hydrogen) atoms. The lowest BCUT2D eigenvalue weighted by atomic mass is 9.97. The number of aliphatic hydroxyl groups excluding tert-OH is 1. The van der Waals surface area contributed by atoms with Crippen molar-refractivity contribution in [2.24, 2.45) is 0 Å². The lowest BCUT2D eigenvalue weighted by Crippen LogP contribution is -2.08. The summed E-state index contributed by atoms with van der Waals surface area (Å²) in [6.45, 7) is 8.00. The van der Waals surface area contributed by atoms with Gasteiger partial charge in [-0.2, -0.15) is 0 Å². The van der Waals surface area contributed by atoms with Gasteiger partial charge in [0.25, 0.3) is 0 Å². The van der Waals surface area contributed by atoms with Crippen LogP contribution in [-0.4, -0.2) is 30.9 Å². The predicted octanol–water partition coefficient (Wildman–Crippen LogP) is 7.18. The first-order chi connectivity index (χ1) is 17.5. The maximum absolute atomic E-state index is 11.6. The Bertz CT molecular complexity index is 1110. The number of aliphatic hydroxyl groups is 1. The van der Waals surface area contributed by atoms with Gasteiger partial charge in [0.05, 0.1) is 13.2 Å². The molecule has 190 valence electrons. The molecule has 0 aliphatic heterocycles. The van der Waals surface area contributed by atoms with E-state index in [1.807, 2.05) is 12.1 Å². The maximum Gasteiger partial charge on any atom is 0.333 e. The van der Waals surface area contributed by atoms with Gasteiger partial charge in [-0.1, -0.05) is 80.9 Å². The van der Waals surface area contributed by atoms with Crippen LogP contribution in [0, 0.1) is 0 Å². The lowest BCUT2D eigenvalue weighted by Gasteiger charge is -2.14. The van der Waals surface area contributed by atoms with Crippen molar-refractivity contribution in [3.8, 4) is 28.0 Å². The Morgan fingerprint density at radius 2 is 1.42 bits per heavy atom. The van der Waals surface area contributed by atoms with Crippen molar-refractivity contribution < 1.29 is 19.4 Å². The molecule has 0 saturated carbocycles. The fourth-order valence-corrected chi connectivity index (χ4v) is 4.10. The summed E-state index contributed by atoms with van der Waals surface area (Å²) in [6.07, 6.45) is 6.28. The zero-order valence-corrected chi connectivity index (χ0v) is 21.6. The Labute approximate surface area is 215 Å². The number of rotatable bonds is 14. The van der Waals surface area contributed by atoms with Crippen LogP contribution in [0.1, 0.15) is 50.7 Å². The van der Waals surface area contributed by atoms with E-state index in [1.165, 1.54) is 36.0 Å². The fraction of sp³-hybridized carbons (Fsp3) is 0.344. The average molecular weight is 487 g/mol. The molecule has 3 aromatic rings. The molecule has 0 aliphatic rings. The molecule has 4 nitrogen and oxygen atoms in total. The smallest absolute Gasteiger partial charge is 0.333 e. The fourth-order valence-electron chi connectivity index (χ4n) is 4.10. The number of hydrogen-bond acceptors (Lipinski definition) is 4. The van der Waals surface area contributed by atoms with Crippen LogP contribution >= 0.6 is 0 Å². The number of ether oxygens (including phenoxy) is 2. The van der Waals surface area contributed by atoms with Crippen LogP contribution in [0.4, 0.5) is 0 Å². The molecule has 4 heteroatoms. The molecule has 0 fully saturated rings. The van der Waals surface area contributed by atoms with Crippen LogP contribution in [0.2, 0.25) is 0 Å². The molecule has 0 saturated heterocycles. The summed E-state index contributed by atoms with van der Waals surface area (Å²) >= 11 is 0. The van der Waals surface area contributed by atoms with Crippen LogP contribution in [0.3, 0.4) is 0 Å². The van der Waals surface area contributed by atoms with Gasteiger partial charge in [-0.25, -0.2) is 4.79 Å². The molecule has 0 atom stereocenters. The van der Waals surface area contributed by atoms with Gasteiger partial charge in [-0.15, -0.1) is 0 Å². The summed E-state index contributed by atoms with van der Waals surface area (Å²) in [5.41, 5.74) is 7.45. The normalized spacial score (nSPS) is 10.8. The molecule has 0 heterocycles. The summed E-state index contributed by atoms with van der Waals surface area (Å²) in [4.78, 5) is 11.6.